The van der Waals surface area contributed by atoms with E-state index >= 15 is 0 Å². The van der Waals surface area contributed by atoms with Crippen molar-refractivity contribution in [2.45, 2.75) is 58.2 Å². The van der Waals surface area contributed by atoms with E-state index in [1.807, 2.05) is 24.5 Å². The molecule has 0 radical (unpaired) electrons. The molecular weight excluding hydrogens is 505 g/mol. The number of nitrogens with zero attached hydrogens (tertiary/aromatic N) is 1. The van der Waals surface area contributed by atoms with Crippen LogP contribution in [0.15, 0.2) is 36.7 Å². The van der Waals surface area contributed by atoms with Crippen molar-refractivity contribution in [1.29, 1.82) is 0 Å². The fourth-order valence-corrected chi connectivity index (χ4v) is 4.59. The molecule has 0 aliphatic heterocycles. The number of benzene rings is 1. The van der Waals surface area contributed by atoms with Gasteiger partial charge in [0.15, 0.2) is 19.8 Å². The van der Waals surface area contributed by atoms with Gasteiger partial charge in [-0.3, -0.25) is 4.98 Å². The summed E-state index contributed by atoms with van der Waals surface area (Å²) in [5.74, 6) is 1.85. The highest BCUT2D eigenvalue weighted by Crippen LogP contribution is 2.38. The van der Waals surface area contributed by atoms with Crippen molar-refractivity contribution in [2.75, 3.05) is 24.8 Å². The van der Waals surface area contributed by atoms with Crippen molar-refractivity contribution < 1.29 is 13.9 Å². The summed E-state index contributed by atoms with van der Waals surface area (Å²) in [6.07, 6.45) is 4.84. The minimum absolute atomic E-state index is 0.209. The van der Waals surface area contributed by atoms with Crippen LogP contribution in [-0.2, 0) is 4.43 Å². The maximum atomic E-state index is 6.51. The zero-order chi connectivity index (χ0) is 22.4. The van der Waals surface area contributed by atoms with Gasteiger partial charge in [-0.25, -0.2) is 0 Å². The van der Waals surface area contributed by atoms with Crippen LogP contribution in [0.1, 0.15) is 45.6 Å². The van der Waals surface area contributed by atoms with Gasteiger partial charge in [-0.05, 0) is 53.9 Å². The first kappa shape index (κ1) is 25.1. The Morgan fingerprint density at radius 2 is 1.80 bits per heavy atom. The fraction of sp³-hybridized carbons (Fsp3) is 0.542. The quantitative estimate of drug-likeness (QED) is 0.183. The third-order valence-electron chi connectivity index (χ3n) is 5.83. The molecule has 0 amide bonds. The lowest BCUT2D eigenvalue weighted by atomic mass is 9.99. The van der Waals surface area contributed by atoms with E-state index in [1.165, 1.54) is 5.56 Å². The summed E-state index contributed by atoms with van der Waals surface area (Å²) in [5.41, 5.74) is 3.37. The van der Waals surface area contributed by atoms with Crippen molar-refractivity contribution in [3.63, 3.8) is 0 Å². The maximum Gasteiger partial charge on any atom is 0.192 e. The molecule has 2 aromatic rings. The van der Waals surface area contributed by atoms with Gasteiger partial charge in [0, 0.05) is 34.9 Å². The third kappa shape index (κ3) is 6.44. The molecule has 0 fully saturated rings. The van der Waals surface area contributed by atoms with Crippen molar-refractivity contribution in [2.24, 2.45) is 0 Å². The molecule has 4 nitrogen and oxygen atoms in total. The standard InChI is InChI=1S/C24H36INO3Si/c1-8-11-28-23-13-18(9-10-22(23)27-5)19-12-20(16-26-15-19)21(14-25)17-29-30(6,7)24(2,3)4/h9-10,12-13,15-16,21H,8,11,14,17H2,1-7H3. The average molecular weight is 542 g/mol. The maximum absolute atomic E-state index is 6.51. The highest BCUT2D eigenvalue weighted by molar-refractivity contribution is 14.1. The molecule has 0 spiro atoms. The van der Waals surface area contributed by atoms with Crippen LogP contribution in [-0.4, -0.2) is 38.1 Å². The summed E-state index contributed by atoms with van der Waals surface area (Å²) in [5, 5.41) is 0.209. The number of methoxy groups -OCH3 is 1. The van der Waals surface area contributed by atoms with Gasteiger partial charge in [0.2, 0.25) is 0 Å². The molecule has 0 N–H and O–H groups in total. The monoisotopic (exact) mass is 541 g/mol. The predicted molar refractivity (Wildman–Crippen MR) is 137 cm³/mol. The van der Waals surface area contributed by atoms with Gasteiger partial charge >= 0.3 is 0 Å². The number of hydrogen-bond donors (Lipinski definition) is 0. The molecule has 1 atom stereocenters. The SMILES string of the molecule is CCCOc1cc(-c2cncc(C(CI)CO[Si](C)(C)C(C)(C)C)c2)ccc1OC. The van der Waals surface area contributed by atoms with E-state index in [-0.39, 0.29) is 5.04 Å². The molecule has 0 saturated carbocycles. The van der Waals surface area contributed by atoms with Crippen LogP contribution in [0.5, 0.6) is 11.5 Å². The molecule has 6 heteroatoms. The van der Waals surface area contributed by atoms with Gasteiger partial charge in [0.05, 0.1) is 13.7 Å². The molecule has 166 valence electrons. The highest BCUT2D eigenvalue weighted by Gasteiger charge is 2.37. The molecule has 2 rings (SSSR count). The van der Waals surface area contributed by atoms with Crippen molar-refractivity contribution in [3.05, 3.63) is 42.2 Å². The summed E-state index contributed by atoms with van der Waals surface area (Å²) in [7, 11) is -0.109. The molecule has 1 unspecified atom stereocenters. The molecule has 0 aliphatic rings. The van der Waals surface area contributed by atoms with Gasteiger partial charge in [0.1, 0.15) is 0 Å². The van der Waals surface area contributed by atoms with Gasteiger partial charge in [-0.2, -0.15) is 0 Å². The lowest BCUT2D eigenvalue weighted by molar-refractivity contribution is 0.271. The molecular formula is C24H36INO3Si. The highest BCUT2D eigenvalue weighted by atomic mass is 127. The van der Waals surface area contributed by atoms with E-state index < -0.39 is 8.32 Å². The average Bonchev–Trinajstić information content (AvgIpc) is 2.71. The van der Waals surface area contributed by atoms with Crippen LogP contribution in [0.25, 0.3) is 11.1 Å². The second kappa shape index (κ2) is 11.0. The van der Waals surface area contributed by atoms with E-state index in [9.17, 15) is 0 Å². The molecule has 0 saturated heterocycles. The zero-order valence-electron chi connectivity index (χ0n) is 19.4. The second-order valence-corrected chi connectivity index (χ2v) is 14.8. The summed E-state index contributed by atoms with van der Waals surface area (Å²) in [6, 6.07) is 8.30. The normalized spacial score (nSPS) is 13.2. The first-order chi connectivity index (χ1) is 14.1. The minimum Gasteiger partial charge on any atom is -0.493 e. The number of ether oxygens (including phenoxy) is 2. The Bertz CT molecular complexity index is 820. The zero-order valence-corrected chi connectivity index (χ0v) is 22.6. The number of alkyl halides is 1. The number of hydrogen-bond acceptors (Lipinski definition) is 4. The Balaban J connectivity index is 2.26. The van der Waals surface area contributed by atoms with Crippen molar-refractivity contribution in [1.82, 2.24) is 4.98 Å². The molecule has 1 aromatic heterocycles. The van der Waals surface area contributed by atoms with Crippen LogP contribution in [0, 0.1) is 0 Å². The summed E-state index contributed by atoms with van der Waals surface area (Å²) in [4.78, 5) is 4.54. The second-order valence-electron chi connectivity index (χ2n) is 9.14. The minimum atomic E-state index is -1.78. The van der Waals surface area contributed by atoms with E-state index in [2.05, 4.69) is 80.5 Å². The number of pyridine rings is 1. The van der Waals surface area contributed by atoms with Crippen LogP contribution in [0.2, 0.25) is 18.1 Å². The Hall–Kier alpha value is -1.12. The lowest BCUT2D eigenvalue weighted by Crippen LogP contribution is -2.41. The van der Waals surface area contributed by atoms with E-state index in [4.69, 9.17) is 13.9 Å². The Morgan fingerprint density at radius 1 is 1.07 bits per heavy atom. The molecule has 0 bridgehead atoms. The molecule has 30 heavy (non-hydrogen) atoms. The number of aromatic nitrogens is 1. The van der Waals surface area contributed by atoms with Gasteiger partial charge in [-0.15, -0.1) is 0 Å². The van der Waals surface area contributed by atoms with E-state index in [1.54, 1.807) is 7.11 Å². The topological polar surface area (TPSA) is 40.6 Å². The molecule has 1 heterocycles. The lowest BCUT2D eigenvalue weighted by Gasteiger charge is -2.37. The molecule has 0 aliphatic carbocycles. The fourth-order valence-electron chi connectivity index (χ4n) is 2.78. The van der Waals surface area contributed by atoms with Crippen LogP contribution in [0.4, 0.5) is 0 Å². The number of rotatable bonds is 10. The van der Waals surface area contributed by atoms with Crippen molar-refractivity contribution >= 4 is 30.9 Å². The predicted octanol–water partition coefficient (Wildman–Crippen LogP) is 7.09. The number of halogens is 1. The first-order valence-electron chi connectivity index (χ1n) is 10.6. The summed E-state index contributed by atoms with van der Waals surface area (Å²) >= 11 is 2.45. The smallest absolute Gasteiger partial charge is 0.192 e. The van der Waals surface area contributed by atoms with Gasteiger partial charge < -0.3 is 13.9 Å². The summed E-state index contributed by atoms with van der Waals surface area (Å²) < 4.78 is 18.8. The summed E-state index contributed by atoms with van der Waals surface area (Å²) in [6.45, 7) is 15.0. The van der Waals surface area contributed by atoms with E-state index in [0.29, 0.717) is 12.5 Å². The molecule has 1 aromatic carbocycles. The first-order valence-corrected chi connectivity index (χ1v) is 15.0. The van der Waals surface area contributed by atoms with E-state index in [0.717, 1.165) is 40.1 Å². The Morgan fingerprint density at radius 3 is 2.40 bits per heavy atom. The third-order valence-corrected chi connectivity index (χ3v) is 11.4. The van der Waals surface area contributed by atoms with Crippen molar-refractivity contribution in [3.8, 4) is 22.6 Å². The van der Waals surface area contributed by atoms with Crippen LogP contribution in [0.3, 0.4) is 0 Å². The Labute approximate surface area is 197 Å². The van der Waals surface area contributed by atoms with Crippen LogP contribution < -0.4 is 9.47 Å². The van der Waals surface area contributed by atoms with Crippen LogP contribution >= 0.6 is 22.6 Å². The Kier molecular flexibility index (Phi) is 9.18. The largest absolute Gasteiger partial charge is 0.493 e. The van der Waals surface area contributed by atoms with Gasteiger partial charge in [0.25, 0.3) is 0 Å². The van der Waals surface area contributed by atoms with Gasteiger partial charge in [-0.1, -0.05) is 56.4 Å².